The number of thiophene rings is 1. The molecule has 0 unspecified atom stereocenters. The zero-order valence-corrected chi connectivity index (χ0v) is 18.9. The van der Waals surface area contributed by atoms with E-state index in [1.165, 1.54) is 22.2 Å². The summed E-state index contributed by atoms with van der Waals surface area (Å²) in [5, 5.41) is 1.97. The highest BCUT2D eigenvalue weighted by atomic mass is 32.2. The monoisotopic (exact) mass is 433 g/mol. The number of hydrogen-bond donors (Lipinski definition) is 0. The number of carbonyl (C=O) groups excluding carboxylic acids is 1. The predicted molar refractivity (Wildman–Crippen MR) is 126 cm³/mol. The first-order chi connectivity index (χ1) is 14.5. The number of fused-ring (bicyclic) bond motifs is 1. The van der Waals surface area contributed by atoms with Gasteiger partial charge < -0.3 is 4.90 Å². The highest BCUT2D eigenvalue weighted by molar-refractivity contribution is 8.00. The second-order valence-corrected chi connectivity index (χ2v) is 9.30. The lowest BCUT2D eigenvalue weighted by Gasteiger charge is -2.23. The van der Waals surface area contributed by atoms with Gasteiger partial charge in [0.25, 0.3) is 0 Å². The van der Waals surface area contributed by atoms with Crippen LogP contribution in [0.1, 0.15) is 21.8 Å². The van der Waals surface area contributed by atoms with E-state index in [1.807, 2.05) is 72.5 Å². The smallest absolute Gasteiger partial charge is 0.237 e. The summed E-state index contributed by atoms with van der Waals surface area (Å²) in [6.07, 6.45) is 0. The maximum Gasteiger partial charge on any atom is 0.237 e. The fraction of sp³-hybridized carbons (Fsp3) is 0.208. The number of hydrogen-bond acceptors (Lipinski definition) is 5. The number of carbonyl (C=O) groups is 1. The van der Waals surface area contributed by atoms with Crippen LogP contribution in [0.5, 0.6) is 0 Å². The van der Waals surface area contributed by atoms with E-state index in [1.54, 1.807) is 11.3 Å². The van der Waals surface area contributed by atoms with Crippen LogP contribution in [0.2, 0.25) is 0 Å². The molecule has 6 heteroatoms. The minimum atomic E-state index is 0.0593. The van der Waals surface area contributed by atoms with E-state index in [9.17, 15) is 4.79 Å². The van der Waals surface area contributed by atoms with Gasteiger partial charge in [-0.1, -0.05) is 60.3 Å². The molecule has 4 nitrogen and oxygen atoms in total. The van der Waals surface area contributed by atoms with E-state index in [4.69, 9.17) is 0 Å². The molecule has 0 fully saturated rings. The molecule has 152 valence electrons. The maximum absolute atomic E-state index is 13.3. The minimum absolute atomic E-state index is 0.0593. The van der Waals surface area contributed by atoms with Gasteiger partial charge in [-0.2, -0.15) is 0 Å². The second-order valence-electron chi connectivity index (χ2n) is 7.13. The van der Waals surface area contributed by atoms with E-state index in [2.05, 4.69) is 23.8 Å². The summed E-state index contributed by atoms with van der Waals surface area (Å²) in [6.45, 7) is 6.65. The average molecular weight is 434 g/mol. The van der Waals surface area contributed by atoms with Crippen molar-refractivity contribution in [1.82, 2.24) is 9.97 Å². The standard InChI is InChI=1S/C24H23N3OS2/c1-16-17(2)30-24-22(16)23(25-18(3)26-24)29-15-21(28)27(20-12-8-5-9-13-20)14-19-10-6-4-7-11-19/h4-13H,14-15H2,1-3H3. The molecule has 2 heterocycles. The largest absolute Gasteiger partial charge is 0.307 e. The first-order valence-corrected chi connectivity index (χ1v) is 11.6. The molecule has 4 rings (SSSR count). The van der Waals surface area contributed by atoms with Gasteiger partial charge in [0.05, 0.1) is 12.3 Å². The molecule has 0 atom stereocenters. The van der Waals surface area contributed by atoms with E-state index < -0.39 is 0 Å². The molecule has 0 aliphatic carbocycles. The van der Waals surface area contributed by atoms with Crippen LogP contribution in [0.15, 0.2) is 65.7 Å². The lowest BCUT2D eigenvalue weighted by molar-refractivity contribution is -0.116. The van der Waals surface area contributed by atoms with Crippen molar-refractivity contribution in [2.45, 2.75) is 32.3 Å². The first kappa shape index (κ1) is 20.6. The van der Waals surface area contributed by atoms with E-state index in [0.29, 0.717) is 12.3 Å². The summed E-state index contributed by atoms with van der Waals surface area (Å²) >= 11 is 3.18. The fourth-order valence-electron chi connectivity index (χ4n) is 3.32. The molecule has 0 saturated carbocycles. The van der Waals surface area contributed by atoms with Gasteiger partial charge in [-0.3, -0.25) is 4.79 Å². The number of anilines is 1. The van der Waals surface area contributed by atoms with Crippen molar-refractivity contribution < 1.29 is 4.79 Å². The highest BCUT2D eigenvalue weighted by Gasteiger charge is 2.19. The maximum atomic E-state index is 13.3. The third-order valence-electron chi connectivity index (χ3n) is 4.99. The van der Waals surface area contributed by atoms with Crippen molar-refractivity contribution in [2.24, 2.45) is 0 Å². The Hall–Kier alpha value is -2.70. The van der Waals surface area contributed by atoms with Crippen LogP contribution in [0.4, 0.5) is 5.69 Å². The van der Waals surface area contributed by atoms with Crippen LogP contribution in [-0.2, 0) is 11.3 Å². The Labute approximate surface area is 185 Å². The molecule has 1 amide bonds. The number of para-hydroxylation sites is 1. The van der Waals surface area contributed by atoms with Crippen LogP contribution in [-0.4, -0.2) is 21.6 Å². The van der Waals surface area contributed by atoms with Crippen molar-refractivity contribution in [3.05, 3.63) is 82.5 Å². The molecule has 2 aromatic heterocycles. The Bertz CT molecular complexity index is 1170. The molecule has 0 bridgehead atoms. The Morgan fingerprint density at radius 3 is 2.33 bits per heavy atom. The van der Waals surface area contributed by atoms with Crippen LogP contribution in [0.25, 0.3) is 10.2 Å². The van der Waals surface area contributed by atoms with Crippen LogP contribution >= 0.6 is 23.1 Å². The normalized spacial score (nSPS) is 11.0. The summed E-state index contributed by atoms with van der Waals surface area (Å²) in [5.41, 5.74) is 3.21. The molecule has 0 saturated heterocycles. The number of amides is 1. The lowest BCUT2D eigenvalue weighted by Crippen LogP contribution is -2.31. The van der Waals surface area contributed by atoms with Gasteiger partial charge in [-0.15, -0.1) is 11.3 Å². The van der Waals surface area contributed by atoms with Crippen LogP contribution in [0.3, 0.4) is 0 Å². The summed E-state index contributed by atoms with van der Waals surface area (Å²) in [4.78, 5) is 26.6. The molecule has 0 radical (unpaired) electrons. The van der Waals surface area contributed by atoms with E-state index in [0.717, 1.165) is 32.3 Å². The predicted octanol–water partition coefficient (Wildman–Crippen LogP) is 5.94. The van der Waals surface area contributed by atoms with Gasteiger partial charge >= 0.3 is 0 Å². The zero-order chi connectivity index (χ0) is 21.1. The number of benzene rings is 2. The van der Waals surface area contributed by atoms with Gasteiger partial charge in [0.2, 0.25) is 5.91 Å². The number of nitrogens with zero attached hydrogens (tertiary/aromatic N) is 3. The van der Waals surface area contributed by atoms with Crippen molar-refractivity contribution >= 4 is 44.9 Å². The summed E-state index contributed by atoms with van der Waals surface area (Å²) in [6, 6.07) is 19.9. The van der Waals surface area contributed by atoms with Crippen molar-refractivity contribution in [2.75, 3.05) is 10.7 Å². The molecule has 30 heavy (non-hydrogen) atoms. The summed E-state index contributed by atoms with van der Waals surface area (Å²) in [5.74, 6) is 1.12. The minimum Gasteiger partial charge on any atom is -0.307 e. The number of rotatable bonds is 6. The first-order valence-electron chi connectivity index (χ1n) is 9.79. The molecule has 0 spiro atoms. The molecule has 0 N–H and O–H groups in total. The fourth-order valence-corrected chi connectivity index (χ4v) is 5.47. The zero-order valence-electron chi connectivity index (χ0n) is 17.3. The molecular formula is C24H23N3OS2. The van der Waals surface area contributed by atoms with Crippen LogP contribution in [0, 0.1) is 20.8 Å². The Morgan fingerprint density at radius 1 is 0.967 bits per heavy atom. The molecule has 0 aliphatic heterocycles. The van der Waals surface area contributed by atoms with Crippen molar-refractivity contribution in [3.63, 3.8) is 0 Å². The van der Waals surface area contributed by atoms with E-state index >= 15 is 0 Å². The highest BCUT2D eigenvalue weighted by Crippen LogP contribution is 2.35. The van der Waals surface area contributed by atoms with E-state index in [-0.39, 0.29) is 5.91 Å². The SMILES string of the molecule is Cc1nc(SCC(=O)N(Cc2ccccc2)c2ccccc2)c2c(C)c(C)sc2n1. The second kappa shape index (κ2) is 8.98. The third kappa shape index (κ3) is 4.40. The topological polar surface area (TPSA) is 46.1 Å². The molecule has 2 aromatic carbocycles. The Kier molecular flexibility index (Phi) is 6.16. The average Bonchev–Trinajstić information content (AvgIpc) is 3.04. The quantitative estimate of drug-likeness (QED) is 0.279. The summed E-state index contributed by atoms with van der Waals surface area (Å²) in [7, 11) is 0. The number of aromatic nitrogens is 2. The van der Waals surface area contributed by atoms with Gasteiger partial charge in [-0.25, -0.2) is 9.97 Å². The molecular weight excluding hydrogens is 410 g/mol. The van der Waals surface area contributed by atoms with Gasteiger partial charge in [-0.05, 0) is 44.0 Å². The Balaban J connectivity index is 1.60. The molecule has 0 aliphatic rings. The Morgan fingerprint density at radius 2 is 1.63 bits per heavy atom. The summed E-state index contributed by atoms with van der Waals surface area (Å²) < 4.78 is 0. The van der Waals surface area contributed by atoms with Gasteiger partial charge in [0.15, 0.2) is 0 Å². The van der Waals surface area contributed by atoms with Crippen molar-refractivity contribution in [1.29, 1.82) is 0 Å². The number of thioether (sulfide) groups is 1. The number of aryl methyl sites for hydroxylation is 3. The lowest BCUT2D eigenvalue weighted by atomic mass is 10.2. The molecule has 4 aromatic rings. The van der Waals surface area contributed by atoms with Gasteiger partial charge in [0.1, 0.15) is 15.7 Å². The van der Waals surface area contributed by atoms with Crippen molar-refractivity contribution in [3.8, 4) is 0 Å². The van der Waals surface area contributed by atoms with Gasteiger partial charge in [0, 0.05) is 16.0 Å². The van der Waals surface area contributed by atoms with Crippen LogP contribution < -0.4 is 4.90 Å². The third-order valence-corrected chi connectivity index (χ3v) is 7.05.